The molecule has 0 radical (unpaired) electrons. The molecule has 1 amide bonds. The van der Waals surface area contributed by atoms with Gasteiger partial charge in [-0.05, 0) is 73.9 Å². The third-order valence-corrected chi connectivity index (χ3v) is 5.93. The van der Waals surface area contributed by atoms with Crippen LogP contribution in [0.3, 0.4) is 0 Å². The first-order valence-corrected chi connectivity index (χ1v) is 10.3. The first-order valence-electron chi connectivity index (χ1n) is 9.54. The minimum absolute atomic E-state index is 0.235. The molecule has 154 valence electrons. The maximum absolute atomic E-state index is 12.5. The zero-order chi connectivity index (χ0) is 20.5. The smallest absolute Gasteiger partial charge is 0.410 e. The van der Waals surface area contributed by atoms with Gasteiger partial charge in [0.1, 0.15) is 16.8 Å². The number of fused-ring (bicyclic) bond motifs is 1. The quantitative estimate of drug-likeness (QED) is 0.695. The van der Waals surface area contributed by atoms with Crippen LogP contribution in [0.15, 0.2) is 22.9 Å². The second-order valence-corrected chi connectivity index (χ2v) is 9.51. The van der Waals surface area contributed by atoms with Crippen LogP contribution >= 0.6 is 15.9 Å². The molecule has 1 aliphatic carbocycles. The van der Waals surface area contributed by atoms with Gasteiger partial charge >= 0.3 is 12.1 Å². The van der Waals surface area contributed by atoms with E-state index >= 15 is 0 Å². The monoisotopic (exact) mass is 454 g/mol. The highest BCUT2D eigenvalue weighted by molar-refractivity contribution is 9.10. The van der Waals surface area contributed by atoms with E-state index in [2.05, 4.69) is 20.9 Å². The van der Waals surface area contributed by atoms with E-state index in [0.717, 1.165) is 16.6 Å². The highest BCUT2D eigenvalue weighted by Gasteiger charge is 2.48. The molecule has 1 saturated heterocycles. The van der Waals surface area contributed by atoms with Crippen molar-refractivity contribution in [2.24, 2.45) is 11.8 Å². The summed E-state index contributed by atoms with van der Waals surface area (Å²) in [5.74, 6) is -0.385. The summed E-state index contributed by atoms with van der Waals surface area (Å²) in [6.07, 6.45) is 3.68. The lowest BCUT2D eigenvalue weighted by Gasteiger charge is -2.41. The minimum Gasteiger partial charge on any atom is -0.480 e. The fraction of sp³-hybridized carbons (Fsp3) is 0.650. The van der Waals surface area contributed by atoms with Crippen molar-refractivity contribution in [1.29, 1.82) is 0 Å². The van der Waals surface area contributed by atoms with Crippen molar-refractivity contribution in [1.82, 2.24) is 9.88 Å². The molecule has 1 N–H and O–H groups in total. The molecule has 0 spiro atoms. The van der Waals surface area contributed by atoms with Crippen molar-refractivity contribution < 1.29 is 24.2 Å². The molecule has 1 saturated carbocycles. The molecule has 8 heteroatoms. The number of halogens is 1. The van der Waals surface area contributed by atoms with Crippen molar-refractivity contribution in [3.63, 3.8) is 0 Å². The van der Waals surface area contributed by atoms with Crippen LogP contribution in [0, 0.1) is 11.8 Å². The Morgan fingerprint density at radius 1 is 1.32 bits per heavy atom. The molecule has 3 rings (SSSR count). The van der Waals surface area contributed by atoms with Crippen molar-refractivity contribution in [2.45, 2.75) is 51.2 Å². The molecule has 7 nitrogen and oxygen atoms in total. The zero-order valence-electron chi connectivity index (χ0n) is 16.5. The first kappa shape index (κ1) is 21.0. The lowest BCUT2D eigenvalue weighted by molar-refractivity contribution is -0.156. The maximum Gasteiger partial charge on any atom is 0.410 e. The highest BCUT2D eigenvalue weighted by Crippen LogP contribution is 2.48. The number of pyridine rings is 1. The Morgan fingerprint density at radius 2 is 2.04 bits per heavy atom. The van der Waals surface area contributed by atoms with Gasteiger partial charge in [0, 0.05) is 24.8 Å². The molecule has 28 heavy (non-hydrogen) atoms. The first-order chi connectivity index (χ1) is 13.1. The summed E-state index contributed by atoms with van der Waals surface area (Å²) in [4.78, 5) is 29.7. The van der Waals surface area contributed by atoms with E-state index in [9.17, 15) is 9.59 Å². The van der Waals surface area contributed by atoms with Crippen LogP contribution in [0.1, 0.15) is 45.6 Å². The van der Waals surface area contributed by atoms with Gasteiger partial charge in [0.15, 0.2) is 0 Å². The molecule has 3 atom stereocenters. The molecule has 0 aromatic carbocycles. The summed E-state index contributed by atoms with van der Waals surface area (Å²) in [7, 11) is 0. The number of likely N-dealkylation sites (tertiary alicyclic amines) is 1. The van der Waals surface area contributed by atoms with Gasteiger partial charge in [0.25, 0.3) is 0 Å². The van der Waals surface area contributed by atoms with Gasteiger partial charge < -0.3 is 19.5 Å². The summed E-state index contributed by atoms with van der Waals surface area (Å²) < 4.78 is 12.2. The molecule has 0 bridgehead atoms. The predicted octanol–water partition coefficient (Wildman–Crippen LogP) is 3.81. The van der Waals surface area contributed by atoms with Crippen LogP contribution in [0.2, 0.25) is 0 Å². The summed E-state index contributed by atoms with van der Waals surface area (Å²) >= 11 is 3.34. The SMILES string of the molecule is CC(C)(C)OC(=O)N1CC2CCC(OCC(=O)O)(c3ccc(Br)nc3)CC2C1. The average molecular weight is 455 g/mol. The van der Waals surface area contributed by atoms with E-state index in [4.69, 9.17) is 14.6 Å². The van der Waals surface area contributed by atoms with Crippen LogP contribution < -0.4 is 0 Å². The molecule has 2 fully saturated rings. The maximum atomic E-state index is 12.5. The lowest BCUT2D eigenvalue weighted by Crippen LogP contribution is -2.40. The Kier molecular flexibility index (Phi) is 6.00. The van der Waals surface area contributed by atoms with Crippen molar-refractivity contribution >= 4 is 28.0 Å². The van der Waals surface area contributed by atoms with E-state index in [1.807, 2.05) is 32.9 Å². The zero-order valence-corrected chi connectivity index (χ0v) is 18.1. The second-order valence-electron chi connectivity index (χ2n) is 8.69. The molecule has 2 aliphatic rings. The molecule has 2 heterocycles. The number of carbonyl (C=O) groups excluding carboxylic acids is 1. The Labute approximate surface area is 173 Å². The average Bonchev–Trinajstić information content (AvgIpc) is 3.02. The minimum atomic E-state index is -0.992. The Bertz CT molecular complexity index is 733. The summed E-state index contributed by atoms with van der Waals surface area (Å²) in [5, 5.41) is 9.14. The summed E-state index contributed by atoms with van der Waals surface area (Å²) in [6.45, 7) is 6.50. The normalized spacial score (nSPS) is 27.4. The van der Waals surface area contributed by atoms with Crippen LogP contribution in [0.5, 0.6) is 0 Å². The number of carboxylic acids is 1. The number of nitrogens with zero attached hydrogens (tertiary/aromatic N) is 2. The number of aliphatic carboxylic acids is 1. The van der Waals surface area contributed by atoms with Gasteiger partial charge in [-0.1, -0.05) is 6.07 Å². The number of aromatic nitrogens is 1. The van der Waals surface area contributed by atoms with E-state index < -0.39 is 17.2 Å². The predicted molar refractivity (Wildman–Crippen MR) is 106 cm³/mol. The fourth-order valence-electron chi connectivity index (χ4n) is 4.24. The second kappa shape index (κ2) is 7.99. The van der Waals surface area contributed by atoms with Gasteiger partial charge in [-0.2, -0.15) is 0 Å². The molecular weight excluding hydrogens is 428 g/mol. The number of hydrogen-bond donors (Lipinski definition) is 1. The molecular formula is C20H27BrN2O5. The molecule has 3 unspecified atom stereocenters. The molecule has 1 aliphatic heterocycles. The Hall–Kier alpha value is -1.67. The standard InChI is InChI=1S/C20H27BrN2O5/c1-19(2,3)28-18(26)23-10-13-6-7-20(8-14(13)11-23,27-12-17(24)25)15-4-5-16(21)22-9-15/h4-5,9,13-14H,6-8,10-12H2,1-3H3,(H,24,25). The summed E-state index contributed by atoms with van der Waals surface area (Å²) in [5.41, 5.74) is -0.342. The molecule has 1 aromatic rings. The van der Waals surface area contributed by atoms with Crippen molar-refractivity contribution in [3.8, 4) is 0 Å². The van der Waals surface area contributed by atoms with E-state index in [0.29, 0.717) is 31.8 Å². The fourth-order valence-corrected chi connectivity index (χ4v) is 4.47. The van der Waals surface area contributed by atoms with Gasteiger partial charge in [-0.25, -0.2) is 14.6 Å². The van der Waals surface area contributed by atoms with E-state index in [-0.39, 0.29) is 18.6 Å². The Balaban J connectivity index is 1.77. The van der Waals surface area contributed by atoms with E-state index in [1.165, 1.54) is 0 Å². The van der Waals surface area contributed by atoms with Crippen LogP contribution in [0.4, 0.5) is 4.79 Å². The number of carboxylic acid groups (broad SMARTS) is 1. The van der Waals surface area contributed by atoms with Crippen LogP contribution in [0.25, 0.3) is 0 Å². The van der Waals surface area contributed by atoms with Crippen LogP contribution in [-0.4, -0.2) is 52.4 Å². The third-order valence-electron chi connectivity index (χ3n) is 5.46. The van der Waals surface area contributed by atoms with Gasteiger partial charge in [0.05, 0.1) is 5.60 Å². The number of ether oxygens (including phenoxy) is 2. The topological polar surface area (TPSA) is 89.0 Å². The molecule has 1 aromatic heterocycles. The highest BCUT2D eigenvalue weighted by atomic mass is 79.9. The largest absolute Gasteiger partial charge is 0.480 e. The number of rotatable bonds is 4. The van der Waals surface area contributed by atoms with Gasteiger partial charge in [-0.15, -0.1) is 0 Å². The van der Waals surface area contributed by atoms with E-state index in [1.54, 1.807) is 11.1 Å². The van der Waals surface area contributed by atoms with Crippen molar-refractivity contribution in [3.05, 3.63) is 28.5 Å². The number of amides is 1. The van der Waals surface area contributed by atoms with Gasteiger partial charge in [0.2, 0.25) is 0 Å². The summed E-state index contributed by atoms with van der Waals surface area (Å²) in [6, 6.07) is 3.77. The lowest BCUT2D eigenvalue weighted by atomic mass is 9.70. The van der Waals surface area contributed by atoms with Gasteiger partial charge in [-0.3, -0.25) is 0 Å². The number of hydrogen-bond acceptors (Lipinski definition) is 5. The van der Waals surface area contributed by atoms with Crippen LogP contribution in [-0.2, 0) is 19.9 Å². The Morgan fingerprint density at radius 3 is 2.64 bits per heavy atom. The number of carbonyl (C=O) groups is 2. The van der Waals surface area contributed by atoms with Crippen molar-refractivity contribution in [2.75, 3.05) is 19.7 Å². The third kappa shape index (κ3) is 4.84.